The molecule has 4 nitrogen and oxygen atoms in total. The molecule has 0 aromatic heterocycles. The molecule has 0 saturated heterocycles. The van der Waals surface area contributed by atoms with Crippen LogP contribution in [0.25, 0.3) is 12.2 Å². The molecular formula is C33H47NO3. The number of carbonyl (C=O) groups is 2. The van der Waals surface area contributed by atoms with E-state index in [2.05, 4.69) is 82.8 Å². The highest BCUT2D eigenvalue weighted by Crippen LogP contribution is 2.28. The molecule has 1 amide bonds. The lowest BCUT2D eigenvalue weighted by molar-refractivity contribution is -0.127. The first-order valence-corrected chi connectivity index (χ1v) is 12.9. The Morgan fingerprint density at radius 2 is 1.65 bits per heavy atom. The molecule has 37 heavy (non-hydrogen) atoms. The van der Waals surface area contributed by atoms with Crippen molar-refractivity contribution in [2.45, 2.75) is 67.2 Å². The number of benzene rings is 2. The normalized spacial score (nSPS) is 10.3. The largest absolute Gasteiger partial charge is 0.493 e. The summed E-state index contributed by atoms with van der Waals surface area (Å²) in [5, 5.41) is 2.39. The summed E-state index contributed by atoms with van der Waals surface area (Å²) in [4.78, 5) is 21.3. The average Bonchev–Trinajstić information content (AvgIpc) is 2.91. The van der Waals surface area contributed by atoms with Gasteiger partial charge >= 0.3 is 0 Å². The molecule has 1 unspecified atom stereocenters. The second kappa shape index (κ2) is 22.9. The Bertz CT molecular complexity index is 958. The molecule has 0 heterocycles. The number of rotatable bonds is 10. The first kappa shape index (κ1) is 35.6. The Labute approximate surface area is 226 Å². The molecule has 202 valence electrons. The van der Waals surface area contributed by atoms with Crippen LogP contribution in [-0.2, 0) is 9.59 Å². The molecule has 0 aliphatic carbocycles. The van der Waals surface area contributed by atoms with Crippen LogP contribution in [0.5, 0.6) is 5.75 Å². The summed E-state index contributed by atoms with van der Waals surface area (Å²) in [7, 11) is 1.53. The lowest BCUT2D eigenvalue weighted by Crippen LogP contribution is -2.20. The number of allylic oxidation sites excluding steroid dienone is 1. The van der Waals surface area contributed by atoms with Gasteiger partial charge < -0.3 is 10.1 Å². The fourth-order valence-electron chi connectivity index (χ4n) is 3.02. The van der Waals surface area contributed by atoms with Crippen LogP contribution in [0, 0.1) is 32.6 Å². The van der Waals surface area contributed by atoms with Crippen molar-refractivity contribution in [1.29, 1.82) is 0 Å². The average molecular weight is 506 g/mol. The van der Waals surface area contributed by atoms with Crippen molar-refractivity contribution in [3.8, 4) is 18.6 Å². The number of carbonyl (C=O) groups excluding carboxylic acids is 2. The van der Waals surface area contributed by atoms with Crippen LogP contribution in [0.15, 0.2) is 55.1 Å². The van der Waals surface area contributed by atoms with E-state index in [1.54, 1.807) is 0 Å². The summed E-state index contributed by atoms with van der Waals surface area (Å²) in [5.41, 5.74) is 4.87. The number of ketones is 1. The van der Waals surface area contributed by atoms with Gasteiger partial charge in [0.25, 0.3) is 0 Å². The number of amides is 1. The van der Waals surface area contributed by atoms with E-state index in [1.165, 1.54) is 23.7 Å². The molecule has 0 fully saturated rings. The zero-order valence-electron chi connectivity index (χ0n) is 24.0. The first-order chi connectivity index (χ1) is 17.7. The van der Waals surface area contributed by atoms with E-state index < -0.39 is 0 Å². The molecule has 2 rings (SSSR count). The van der Waals surface area contributed by atoms with Crippen LogP contribution >= 0.6 is 0 Å². The van der Waals surface area contributed by atoms with Gasteiger partial charge in [-0.25, -0.2) is 0 Å². The van der Waals surface area contributed by atoms with Gasteiger partial charge in [-0.3, -0.25) is 9.59 Å². The van der Waals surface area contributed by atoms with Crippen LogP contribution in [0.2, 0.25) is 0 Å². The van der Waals surface area contributed by atoms with E-state index in [0.717, 1.165) is 24.2 Å². The van der Waals surface area contributed by atoms with E-state index in [1.807, 2.05) is 44.2 Å². The van der Waals surface area contributed by atoms with E-state index >= 15 is 0 Å². The number of ether oxygens (including phenoxy) is 1. The highest BCUT2D eigenvalue weighted by Gasteiger charge is 2.08. The Balaban J connectivity index is 0. The van der Waals surface area contributed by atoms with Crippen LogP contribution in [0.4, 0.5) is 0 Å². The van der Waals surface area contributed by atoms with Crippen LogP contribution in [-0.4, -0.2) is 25.3 Å². The van der Waals surface area contributed by atoms with Crippen molar-refractivity contribution >= 4 is 23.8 Å². The maximum Gasteiger partial charge on any atom is 0.227 e. The third kappa shape index (κ3) is 16.7. The van der Waals surface area contributed by atoms with Gasteiger partial charge in [-0.1, -0.05) is 94.0 Å². The molecule has 0 aliphatic rings. The number of aryl methyl sites for hydroxylation is 2. The van der Waals surface area contributed by atoms with Gasteiger partial charge in [-0.2, -0.15) is 0 Å². The molecule has 0 bridgehead atoms. The standard InChI is InChI=1S/C17H24O.C7H13NO2.C7H8.C2H2/c1-6-13(4)9-11-16-15(7-2)14(5)10-12-17(16)18-8-3;1-3-4-6(9)5-7(10)8-2;1-7-5-3-2-4-6-7;1-2/h7,9-13H,2,6,8H2,1,3-5H3;3-5H2,1-2H3,(H,8,10);2-6H,1H3;1-2H/b11-9-;;;. The van der Waals surface area contributed by atoms with Gasteiger partial charge in [0.05, 0.1) is 13.0 Å². The summed E-state index contributed by atoms with van der Waals surface area (Å²) in [6.07, 6.45) is 16.8. The van der Waals surface area contributed by atoms with E-state index in [0.29, 0.717) is 18.9 Å². The van der Waals surface area contributed by atoms with Gasteiger partial charge in [-0.15, -0.1) is 12.8 Å². The fraction of sp³-hybridized carbons (Fsp3) is 0.394. The van der Waals surface area contributed by atoms with Crippen molar-refractivity contribution in [2.75, 3.05) is 13.7 Å². The van der Waals surface area contributed by atoms with E-state index in [4.69, 9.17) is 4.74 Å². The quantitative estimate of drug-likeness (QED) is 0.264. The monoisotopic (exact) mass is 505 g/mol. The second-order valence-electron chi connectivity index (χ2n) is 8.38. The lowest BCUT2D eigenvalue weighted by atomic mass is 9.98. The summed E-state index contributed by atoms with van der Waals surface area (Å²) >= 11 is 0. The van der Waals surface area contributed by atoms with Crippen molar-refractivity contribution in [3.05, 3.63) is 77.4 Å². The van der Waals surface area contributed by atoms with Gasteiger partial charge in [0.1, 0.15) is 11.5 Å². The molecule has 0 spiro atoms. The third-order valence-electron chi connectivity index (χ3n) is 5.31. The molecular weight excluding hydrogens is 458 g/mol. The minimum atomic E-state index is -0.196. The second-order valence-corrected chi connectivity index (χ2v) is 8.38. The zero-order valence-corrected chi connectivity index (χ0v) is 24.0. The number of Topliss-reactive ketones (excluding diaryl/α,β-unsaturated/α-hetero) is 1. The predicted molar refractivity (Wildman–Crippen MR) is 161 cm³/mol. The summed E-state index contributed by atoms with van der Waals surface area (Å²) in [5.74, 6) is 1.34. The molecule has 0 radical (unpaired) electrons. The minimum absolute atomic E-state index is 0.0156. The summed E-state index contributed by atoms with van der Waals surface area (Å²) in [6, 6.07) is 14.4. The Morgan fingerprint density at radius 1 is 1.03 bits per heavy atom. The zero-order chi connectivity index (χ0) is 28.6. The van der Waals surface area contributed by atoms with Gasteiger partial charge in [0, 0.05) is 19.0 Å². The van der Waals surface area contributed by atoms with Crippen LogP contribution in [0.3, 0.4) is 0 Å². The van der Waals surface area contributed by atoms with Crippen LogP contribution in [0.1, 0.15) is 75.6 Å². The van der Waals surface area contributed by atoms with Crippen molar-refractivity contribution in [3.63, 3.8) is 0 Å². The molecule has 4 heteroatoms. The van der Waals surface area contributed by atoms with Gasteiger partial charge in [-0.05, 0) is 50.3 Å². The topological polar surface area (TPSA) is 55.4 Å². The first-order valence-electron chi connectivity index (χ1n) is 12.9. The third-order valence-corrected chi connectivity index (χ3v) is 5.31. The van der Waals surface area contributed by atoms with Crippen molar-refractivity contribution in [2.24, 2.45) is 5.92 Å². The highest BCUT2D eigenvalue weighted by molar-refractivity contribution is 5.97. The number of hydrogen-bond acceptors (Lipinski definition) is 3. The smallest absolute Gasteiger partial charge is 0.227 e. The van der Waals surface area contributed by atoms with Crippen LogP contribution < -0.4 is 10.1 Å². The Morgan fingerprint density at radius 3 is 2.08 bits per heavy atom. The Kier molecular flexibility index (Phi) is 22.0. The lowest BCUT2D eigenvalue weighted by Gasteiger charge is -2.13. The van der Waals surface area contributed by atoms with Gasteiger partial charge in [0.15, 0.2) is 0 Å². The molecule has 1 N–H and O–H groups in total. The maximum absolute atomic E-state index is 10.8. The number of nitrogens with one attached hydrogen (secondary N) is 1. The molecule has 2 aromatic carbocycles. The molecule has 0 aliphatic heterocycles. The fourth-order valence-corrected chi connectivity index (χ4v) is 3.02. The Hall–Kier alpha value is -3.58. The highest BCUT2D eigenvalue weighted by atomic mass is 16.5. The minimum Gasteiger partial charge on any atom is -0.493 e. The maximum atomic E-state index is 10.8. The van der Waals surface area contributed by atoms with Gasteiger partial charge in [0.2, 0.25) is 5.91 Å². The molecule has 1 atom stereocenters. The van der Waals surface area contributed by atoms with E-state index in [9.17, 15) is 9.59 Å². The summed E-state index contributed by atoms with van der Waals surface area (Å²) in [6.45, 7) is 17.1. The number of hydrogen-bond donors (Lipinski definition) is 1. The summed E-state index contributed by atoms with van der Waals surface area (Å²) < 4.78 is 5.70. The number of terminal acetylenes is 1. The van der Waals surface area contributed by atoms with E-state index in [-0.39, 0.29) is 18.1 Å². The van der Waals surface area contributed by atoms with Crippen molar-refractivity contribution in [1.82, 2.24) is 5.32 Å². The molecule has 0 saturated carbocycles. The predicted octanol–water partition coefficient (Wildman–Crippen LogP) is 7.83. The SMILES string of the molecule is C#C.C=Cc1c(C)ccc(OCC)c1/C=C\C(C)CC.CCCC(=O)CC(=O)NC.Cc1ccccc1. The molecule has 2 aromatic rings. The van der Waals surface area contributed by atoms with Crippen molar-refractivity contribution < 1.29 is 14.3 Å².